The maximum absolute atomic E-state index is 13.3. The summed E-state index contributed by atoms with van der Waals surface area (Å²) in [4.78, 5) is 1.23. The van der Waals surface area contributed by atoms with E-state index in [9.17, 15) is 4.39 Å². The molecule has 0 aliphatic heterocycles. The van der Waals surface area contributed by atoms with Gasteiger partial charge < -0.3 is 0 Å². The first-order valence-electron chi connectivity index (χ1n) is 5.14. The molecule has 1 aromatic carbocycles. The smallest absolute Gasteiger partial charge is 0.127 e. The Bertz CT molecular complexity index is 550. The molecule has 90 valence electrons. The highest BCUT2D eigenvalue weighted by Crippen LogP contribution is 2.40. The fourth-order valence-electron chi connectivity index (χ4n) is 1.66. The first-order chi connectivity index (χ1) is 8.00. The third-order valence-corrected chi connectivity index (χ3v) is 5.35. The fraction of sp³-hybridized carbons (Fsp3) is 0.231. The molecule has 0 saturated carbocycles. The van der Waals surface area contributed by atoms with Crippen molar-refractivity contribution in [3.8, 4) is 0 Å². The van der Waals surface area contributed by atoms with Gasteiger partial charge >= 0.3 is 0 Å². The molecule has 0 N–H and O–H groups in total. The Morgan fingerprint density at radius 1 is 1.29 bits per heavy atom. The van der Waals surface area contributed by atoms with Gasteiger partial charge in [-0.1, -0.05) is 33.6 Å². The Labute approximate surface area is 118 Å². The molecule has 0 aliphatic rings. The lowest BCUT2D eigenvalue weighted by atomic mass is 10.1. The normalized spacial score (nSPS) is 12.8. The summed E-state index contributed by atoms with van der Waals surface area (Å²) < 4.78 is 13.3. The first kappa shape index (κ1) is 13.1. The summed E-state index contributed by atoms with van der Waals surface area (Å²) in [6, 6.07) is 5.25. The molecule has 0 nitrogen and oxygen atoms in total. The van der Waals surface area contributed by atoms with Crippen LogP contribution in [0.2, 0.25) is 5.02 Å². The zero-order chi connectivity index (χ0) is 12.6. The van der Waals surface area contributed by atoms with Crippen LogP contribution < -0.4 is 0 Å². The van der Waals surface area contributed by atoms with E-state index in [2.05, 4.69) is 28.9 Å². The van der Waals surface area contributed by atoms with Crippen molar-refractivity contribution in [3.63, 3.8) is 0 Å². The van der Waals surface area contributed by atoms with Crippen molar-refractivity contribution in [1.29, 1.82) is 0 Å². The van der Waals surface area contributed by atoms with Crippen LogP contribution in [0.3, 0.4) is 0 Å². The Hall–Kier alpha value is -0.380. The van der Waals surface area contributed by atoms with Gasteiger partial charge in [0.15, 0.2) is 0 Å². The predicted octanol–water partition coefficient (Wildman–Crippen LogP) is 5.64. The van der Waals surface area contributed by atoms with E-state index < -0.39 is 0 Å². The van der Waals surface area contributed by atoms with Crippen LogP contribution in [0.4, 0.5) is 4.39 Å². The molecular weight excluding hydrogens is 323 g/mol. The van der Waals surface area contributed by atoms with E-state index in [0.717, 1.165) is 5.56 Å². The summed E-state index contributed by atoms with van der Waals surface area (Å²) in [5.74, 6) is -0.263. The quantitative estimate of drug-likeness (QED) is 0.624. The van der Waals surface area contributed by atoms with Crippen LogP contribution in [-0.4, -0.2) is 0 Å². The Balaban J connectivity index is 2.48. The van der Waals surface area contributed by atoms with Crippen molar-refractivity contribution in [2.45, 2.75) is 18.7 Å². The summed E-state index contributed by atoms with van der Waals surface area (Å²) in [5.41, 5.74) is 2.74. The van der Waals surface area contributed by atoms with Gasteiger partial charge in [0.2, 0.25) is 0 Å². The Kier molecular flexibility index (Phi) is 3.91. The lowest BCUT2D eigenvalue weighted by molar-refractivity contribution is 0.618. The number of aryl methyl sites for hydroxylation is 2. The Morgan fingerprint density at radius 2 is 2.00 bits per heavy atom. The molecule has 0 radical (unpaired) electrons. The average molecular weight is 334 g/mol. The molecule has 1 heterocycles. The van der Waals surface area contributed by atoms with E-state index in [1.807, 2.05) is 5.38 Å². The van der Waals surface area contributed by atoms with Crippen molar-refractivity contribution in [3.05, 3.63) is 56.0 Å². The minimum Gasteiger partial charge on any atom is -0.207 e. The molecule has 0 spiro atoms. The highest BCUT2D eigenvalue weighted by Gasteiger charge is 2.18. The second-order valence-electron chi connectivity index (χ2n) is 3.95. The topological polar surface area (TPSA) is 0 Å². The van der Waals surface area contributed by atoms with Crippen molar-refractivity contribution in [2.24, 2.45) is 0 Å². The van der Waals surface area contributed by atoms with Gasteiger partial charge in [0, 0.05) is 9.90 Å². The lowest BCUT2D eigenvalue weighted by Gasteiger charge is -2.13. The van der Waals surface area contributed by atoms with E-state index in [1.54, 1.807) is 24.3 Å². The first-order valence-corrected chi connectivity index (χ1v) is 7.31. The molecular formula is C13H11BrClFS. The van der Waals surface area contributed by atoms with Crippen molar-refractivity contribution in [2.75, 3.05) is 0 Å². The highest BCUT2D eigenvalue weighted by molar-refractivity contribution is 9.09. The van der Waals surface area contributed by atoms with Gasteiger partial charge in [-0.2, -0.15) is 0 Å². The zero-order valence-electron chi connectivity index (χ0n) is 9.43. The number of halogens is 3. The summed E-state index contributed by atoms with van der Waals surface area (Å²) >= 11 is 11.4. The molecule has 0 bridgehead atoms. The van der Waals surface area contributed by atoms with Crippen LogP contribution in [0.15, 0.2) is 23.6 Å². The molecule has 1 atom stereocenters. The average Bonchev–Trinajstić information content (AvgIpc) is 2.69. The van der Waals surface area contributed by atoms with Gasteiger partial charge in [0.05, 0.1) is 4.83 Å². The summed E-state index contributed by atoms with van der Waals surface area (Å²) in [6.07, 6.45) is 0. The van der Waals surface area contributed by atoms with Gasteiger partial charge in [-0.15, -0.1) is 11.3 Å². The van der Waals surface area contributed by atoms with Crippen LogP contribution in [0.25, 0.3) is 0 Å². The number of hydrogen-bond acceptors (Lipinski definition) is 1. The molecule has 0 aliphatic carbocycles. The lowest BCUT2D eigenvalue weighted by Crippen LogP contribution is -1.96. The minimum atomic E-state index is -0.263. The summed E-state index contributed by atoms with van der Waals surface area (Å²) in [5, 5.41) is 2.51. The van der Waals surface area contributed by atoms with Gasteiger partial charge in [0.1, 0.15) is 5.82 Å². The summed E-state index contributed by atoms with van der Waals surface area (Å²) in [6.45, 7) is 3.81. The largest absolute Gasteiger partial charge is 0.207 e. The second kappa shape index (κ2) is 5.09. The Morgan fingerprint density at radius 3 is 2.59 bits per heavy atom. The number of rotatable bonds is 2. The molecule has 0 amide bonds. The van der Waals surface area contributed by atoms with Crippen molar-refractivity contribution in [1.82, 2.24) is 0 Å². The molecule has 2 aromatic rings. The number of alkyl halides is 1. The van der Waals surface area contributed by atoms with E-state index in [4.69, 9.17) is 11.6 Å². The van der Waals surface area contributed by atoms with Crippen LogP contribution in [-0.2, 0) is 0 Å². The second-order valence-corrected chi connectivity index (χ2v) is 6.22. The molecule has 2 rings (SSSR count). The zero-order valence-corrected chi connectivity index (χ0v) is 12.6. The molecule has 1 aromatic heterocycles. The van der Waals surface area contributed by atoms with Crippen molar-refractivity contribution < 1.29 is 4.39 Å². The van der Waals surface area contributed by atoms with Crippen molar-refractivity contribution >= 4 is 38.9 Å². The van der Waals surface area contributed by atoms with E-state index in [-0.39, 0.29) is 10.6 Å². The monoisotopic (exact) mass is 332 g/mol. The molecule has 0 fully saturated rings. The molecule has 1 unspecified atom stereocenters. The van der Waals surface area contributed by atoms with E-state index in [1.165, 1.54) is 16.5 Å². The number of benzene rings is 1. The molecule has 0 saturated heterocycles. The van der Waals surface area contributed by atoms with Gasteiger partial charge in [-0.05, 0) is 48.1 Å². The summed E-state index contributed by atoms with van der Waals surface area (Å²) in [7, 11) is 0. The van der Waals surface area contributed by atoms with E-state index in [0.29, 0.717) is 10.6 Å². The number of hydrogen-bond donors (Lipinski definition) is 0. The van der Waals surface area contributed by atoms with Crippen LogP contribution in [0, 0.1) is 19.7 Å². The maximum atomic E-state index is 13.3. The van der Waals surface area contributed by atoms with Gasteiger partial charge in [-0.3, -0.25) is 0 Å². The maximum Gasteiger partial charge on any atom is 0.127 e. The minimum absolute atomic E-state index is 0.0225. The van der Waals surface area contributed by atoms with Crippen LogP contribution in [0.1, 0.15) is 26.4 Å². The van der Waals surface area contributed by atoms with E-state index >= 15 is 0 Å². The van der Waals surface area contributed by atoms with Gasteiger partial charge in [0.25, 0.3) is 0 Å². The SMILES string of the molecule is Cc1cc(C(Br)c2sccc2C)c(Cl)cc1F. The van der Waals surface area contributed by atoms with Crippen LogP contribution in [0.5, 0.6) is 0 Å². The number of thiophene rings is 1. The van der Waals surface area contributed by atoms with Gasteiger partial charge in [-0.25, -0.2) is 4.39 Å². The standard InChI is InChI=1S/C13H11BrClFS/c1-7-3-4-17-13(7)12(14)9-5-8(2)11(16)6-10(9)15/h3-6,12H,1-2H3. The highest BCUT2D eigenvalue weighted by atomic mass is 79.9. The third-order valence-electron chi connectivity index (χ3n) is 2.68. The molecule has 17 heavy (non-hydrogen) atoms. The fourth-order valence-corrected chi connectivity index (χ4v) is 4.03. The predicted molar refractivity (Wildman–Crippen MR) is 76.0 cm³/mol. The van der Waals surface area contributed by atoms with Crippen LogP contribution >= 0.6 is 38.9 Å². The molecule has 4 heteroatoms. The third kappa shape index (κ3) is 2.56.